The van der Waals surface area contributed by atoms with E-state index in [0.717, 1.165) is 4.90 Å². The summed E-state index contributed by atoms with van der Waals surface area (Å²) in [6.45, 7) is 1.60. The van der Waals surface area contributed by atoms with E-state index in [1.54, 1.807) is 30.8 Å². The van der Waals surface area contributed by atoms with Gasteiger partial charge in [0, 0.05) is 10.5 Å². The van der Waals surface area contributed by atoms with E-state index in [1.165, 1.54) is 12.1 Å². The zero-order valence-electron chi connectivity index (χ0n) is 10.8. The summed E-state index contributed by atoms with van der Waals surface area (Å²) in [5.74, 6) is -1.18. The van der Waals surface area contributed by atoms with Gasteiger partial charge < -0.3 is 5.73 Å². The summed E-state index contributed by atoms with van der Waals surface area (Å²) in [6.07, 6.45) is 1.97. The fraction of sp³-hybridized carbons (Fsp3) is 0.200. The molecular formula is C15H15F2NS. The molecule has 0 saturated heterocycles. The molecule has 0 aromatic heterocycles. The predicted molar refractivity (Wildman–Crippen MR) is 75.3 cm³/mol. The van der Waals surface area contributed by atoms with Crippen LogP contribution in [0.25, 0.3) is 0 Å². The van der Waals surface area contributed by atoms with E-state index in [9.17, 15) is 8.78 Å². The number of rotatable bonds is 3. The fourth-order valence-electron chi connectivity index (χ4n) is 1.94. The van der Waals surface area contributed by atoms with Crippen LogP contribution in [0.2, 0.25) is 0 Å². The van der Waals surface area contributed by atoms with Crippen LogP contribution in [0.5, 0.6) is 0 Å². The van der Waals surface area contributed by atoms with Crippen LogP contribution >= 0.6 is 11.8 Å². The van der Waals surface area contributed by atoms with Crippen molar-refractivity contribution in [3.63, 3.8) is 0 Å². The maximum absolute atomic E-state index is 14.0. The second kappa shape index (κ2) is 5.72. The molecule has 0 aliphatic rings. The van der Waals surface area contributed by atoms with Gasteiger partial charge >= 0.3 is 0 Å². The lowest BCUT2D eigenvalue weighted by Crippen LogP contribution is -2.16. The zero-order chi connectivity index (χ0) is 14.0. The maximum atomic E-state index is 14.0. The second-order valence-corrected chi connectivity index (χ2v) is 5.22. The van der Waals surface area contributed by atoms with Crippen molar-refractivity contribution in [2.24, 2.45) is 5.73 Å². The highest BCUT2D eigenvalue weighted by Crippen LogP contribution is 2.27. The van der Waals surface area contributed by atoms with Gasteiger partial charge in [0.05, 0.1) is 6.04 Å². The van der Waals surface area contributed by atoms with E-state index in [0.29, 0.717) is 11.1 Å². The van der Waals surface area contributed by atoms with Crippen LogP contribution in [0.3, 0.4) is 0 Å². The topological polar surface area (TPSA) is 26.0 Å². The van der Waals surface area contributed by atoms with Crippen molar-refractivity contribution in [1.29, 1.82) is 0 Å². The largest absolute Gasteiger partial charge is 0.320 e. The summed E-state index contributed by atoms with van der Waals surface area (Å²) >= 11 is 1.60. The molecule has 2 aromatic rings. The molecule has 19 heavy (non-hydrogen) atoms. The summed E-state index contributed by atoms with van der Waals surface area (Å²) in [5.41, 5.74) is 7.01. The Labute approximate surface area is 115 Å². The number of nitrogens with two attached hydrogens (primary N) is 1. The molecule has 1 nitrogen and oxygen atoms in total. The first-order valence-corrected chi connectivity index (χ1v) is 7.11. The number of halogens is 2. The maximum Gasteiger partial charge on any atom is 0.134 e. The Morgan fingerprint density at radius 2 is 1.68 bits per heavy atom. The third-order valence-corrected chi connectivity index (χ3v) is 3.85. The van der Waals surface area contributed by atoms with E-state index in [1.807, 2.05) is 18.4 Å². The van der Waals surface area contributed by atoms with Gasteiger partial charge in [-0.15, -0.1) is 11.8 Å². The highest BCUT2D eigenvalue weighted by atomic mass is 32.2. The molecule has 1 unspecified atom stereocenters. The van der Waals surface area contributed by atoms with Crippen LogP contribution < -0.4 is 5.73 Å². The summed E-state index contributed by atoms with van der Waals surface area (Å²) in [7, 11) is 0. The highest BCUT2D eigenvalue weighted by Gasteiger charge is 2.19. The first-order valence-electron chi connectivity index (χ1n) is 5.88. The molecule has 2 rings (SSSR count). The van der Waals surface area contributed by atoms with Crippen molar-refractivity contribution in [1.82, 2.24) is 0 Å². The molecule has 4 heteroatoms. The number of hydrogen-bond acceptors (Lipinski definition) is 2. The summed E-state index contributed by atoms with van der Waals surface area (Å²) < 4.78 is 27.8. The molecule has 2 aromatic carbocycles. The number of thioether (sulfide) groups is 1. The van der Waals surface area contributed by atoms with E-state index in [4.69, 9.17) is 5.73 Å². The molecule has 0 heterocycles. The minimum absolute atomic E-state index is 0.0723. The molecule has 0 bridgehead atoms. The Kier molecular flexibility index (Phi) is 4.22. The van der Waals surface area contributed by atoms with Crippen molar-refractivity contribution in [3.8, 4) is 0 Å². The normalized spacial score (nSPS) is 12.5. The minimum Gasteiger partial charge on any atom is -0.320 e. The Morgan fingerprint density at radius 1 is 1.05 bits per heavy atom. The van der Waals surface area contributed by atoms with Crippen molar-refractivity contribution in [3.05, 3.63) is 64.7 Å². The number of aryl methyl sites for hydroxylation is 1. The van der Waals surface area contributed by atoms with Gasteiger partial charge in [0.1, 0.15) is 11.6 Å². The minimum atomic E-state index is -0.796. The lowest BCUT2D eigenvalue weighted by atomic mass is 9.97. The molecule has 0 spiro atoms. The van der Waals surface area contributed by atoms with E-state index in [-0.39, 0.29) is 5.56 Å². The van der Waals surface area contributed by atoms with E-state index >= 15 is 0 Å². The lowest BCUT2D eigenvalue weighted by molar-refractivity contribution is 0.538. The van der Waals surface area contributed by atoms with Gasteiger partial charge in [0.2, 0.25) is 0 Å². The van der Waals surface area contributed by atoms with Gasteiger partial charge in [0.15, 0.2) is 0 Å². The van der Waals surface area contributed by atoms with E-state index < -0.39 is 17.7 Å². The van der Waals surface area contributed by atoms with Crippen molar-refractivity contribution in [2.75, 3.05) is 6.26 Å². The molecular weight excluding hydrogens is 264 g/mol. The average molecular weight is 279 g/mol. The van der Waals surface area contributed by atoms with Crippen molar-refractivity contribution in [2.45, 2.75) is 17.9 Å². The molecule has 0 aliphatic carbocycles. The smallest absolute Gasteiger partial charge is 0.134 e. The summed E-state index contributed by atoms with van der Waals surface area (Å²) in [5, 5.41) is 0. The number of benzene rings is 2. The number of hydrogen-bond donors (Lipinski definition) is 1. The Hall–Kier alpha value is -1.39. The molecule has 0 aliphatic heterocycles. The third kappa shape index (κ3) is 2.80. The summed E-state index contributed by atoms with van der Waals surface area (Å²) in [6, 6.07) is 9.27. The summed E-state index contributed by atoms with van der Waals surface area (Å²) in [4.78, 5) is 1.08. The predicted octanol–water partition coefficient (Wildman–Crippen LogP) is 4.04. The van der Waals surface area contributed by atoms with E-state index in [2.05, 4.69) is 0 Å². The van der Waals surface area contributed by atoms with Crippen LogP contribution in [0.1, 0.15) is 22.7 Å². The van der Waals surface area contributed by atoms with Crippen LogP contribution in [0.15, 0.2) is 41.3 Å². The lowest BCUT2D eigenvalue weighted by Gasteiger charge is -2.16. The second-order valence-electron chi connectivity index (χ2n) is 4.34. The van der Waals surface area contributed by atoms with Crippen molar-refractivity contribution >= 4 is 11.8 Å². The SMILES string of the molecule is CSc1ccc(C(N)c2c(F)ccc(C)c2F)cc1. The molecule has 100 valence electrons. The van der Waals surface area contributed by atoms with Gasteiger partial charge in [-0.1, -0.05) is 18.2 Å². The van der Waals surface area contributed by atoms with Gasteiger partial charge in [0.25, 0.3) is 0 Å². The molecule has 0 fully saturated rings. The van der Waals surface area contributed by atoms with Crippen LogP contribution in [-0.4, -0.2) is 6.26 Å². The van der Waals surface area contributed by atoms with Gasteiger partial charge in [-0.25, -0.2) is 8.78 Å². The molecule has 2 N–H and O–H groups in total. The monoisotopic (exact) mass is 279 g/mol. The fourth-order valence-corrected chi connectivity index (χ4v) is 2.35. The quantitative estimate of drug-likeness (QED) is 0.858. The van der Waals surface area contributed by atoms with Crippen LogP contribution in [0, 0.1) is 18.6 Å². The Morgan fingerprint density at radius 3 is 2.26 bits per heavy atom. The Balaban J connectivity index is 2.43. The standard InChI is InChI=1S/C15H15F2NS/c1-9-3-8-12(16)13(14(9)17)15(18)10-4-6-11(19-2)7-5-10/h3-8,15H,18H2,1-2H3. The molecule has 1 atom stereocenters. The van der Waals surface area contributed by atoms with Gasteiger partial charge in [-0.3, -0.25) is 0 Å². The first kappa shape index (κ1) is 14.0. The van der Waals surface area contributed by atoms with Crippen molar-refractivity contribution < 1.29 is 8.78 Å². The zero-order valence-corrected chi connectivity index (χ0v) is 11.6. The average Bonchev–Trinajstić information content (AvgIpc) is 2.43. The van der Waals surface area contributed by atoms with Crippen LogP contribution in [0.4, 0.5) is 8.78 Å². The highest BCUT2D eigenvalue weighted by molar-refractivity contribution is 7.98. The first-order chi connectivity index (χ1) is 9.04. The third-order valence-electron chi connectivity index (χ3n) is 3.11. The Bertz CT molecular complexity index is 581. The molecule has 0 saturated carbocycles. The molecule has 0 radical (unpaired) electrons. The molecule has 0 amide bonds. The van der Waals surface area contributed by atoms with Crippen LogP contribution in [-0.2, 0) is 0 Å². The van der Waals surface area contributed by atoms with Gasteiger partial charge in [-0.2, -0.15) is 0 Å². The van der Waals surface area contributed by atoms with Gasteiger partial charge in [-0.05, 0) is 42.5 Å².